The lowest BCUT2D eigenvalue weighted by atomic mass is 10.2. The third kappa shape index (κ3) is 2.01. The molecule has 1 aromatic heterocycles. The van der Waals surface area contributed by atoms with Gasteiger partial charge in [0.2, 0.25) is 5.28 Å². The highest BCUT2D eigenvalue weighted by Crippen LogP contribution is 2.28. The lowest BCUT2D eigenvalue weighted by molar-refractivity contribution is 0.658. The van der Waals surface area contributed by atoms with Crippen molar-refractivity contribution in [2.45, 2.75) is 13.3 Å². The number of rotatable bonds is 1. The number of aromatic nitrogens is 2. The second-order valence-corrected chi connectivity index (χ2v) is 4.84. The van der Waals surface area contributed by atoms with Gasteiger partial charge in [-0.3, -0.25) is 0 Å². The molecule has 2 heterocycles. The van der Waals surface area contributed by atoms with Crippen LogP contribution in [0.5, 0.6) is 0 Å². The maximum absolute atomic E-state index is 5.76. The molecule has 0 amide bonds. The first-order valence-corrected chi connectivity index (χ1v) is 5.77. The maximum atomic E-state index is 5.76. The van der Waals surface area contributed by atoms with Crippen molar-refractivity contribution in [3.63, 3.8) is 0 Å². The van der Waals surface area contributed by atoms with Gasteiger partial charge < -0.3 is 4.90 Å². The molecule has 0 aliphatic carbocycles. The van der Waals surface area contributed by atoms with E-state index in [0.717, 1.165) is 29.3 Å². The number of anilines is 1. The fourth-order valence-electron chi connectivity index (χ4n) is 1.69. The second kappa shape index (κ2) is 4.03. The van der Waals surface area contributed by atoms with Crippen LogP contribution in [-0.4, -0.2) is 23.1 Å². The van der Waals surface area contributed by atoms with Crippen LogP contribution >= 0.6 is 27.5 Å². The normalized spacial score (nSPS) is 21.6. The zero-order valence-corrected chi connectivity index (χ0v) is 10.2. The fraction of sp³-hybridized carbons (Fsp3) is 0.556. The molecule has 1 unspecified atom stereocenters. The minimum absolute atomic E-state index is 0.308. The molecule has 1 aliphatic rings. The molecule has 0 aromatic carbocycles. The first-order valence-electron chi connectivity index (χ1n) is 4.60. The van der Waals surface area contributed by atoms with E-state index in [1.807, 2.05) is 0 Å². The zero-order chi connectivity index (χ0) is 10.1. The van der Waals surface area contributed by atoms with Gasteiger partial charge >= 0.3 is 0 Å². The third-order valence-electron chi connectivity index (χ3n) is 2.42. The summed E-state index contributed by atoms with van der Waals surface area (Å²) in [6, 6.07) is 0. The van der Waals surface area contributed by atoms with Gasteiger partial charge in [-0.15, -0.1) is 0 Å². The molecule has 14 heavy (non-hydrogen) atoms. The van der Waals surface area contributed by atoms with E-state index < -0.39 is 0 Å². The van der Waals surface area contributed by atoms with Crippen LogP contribution in [0.2, 0.25) is 5.28 Å². The number of hydrogen-bond acceptors (Lipinski definition) is 3. The molecule has 1 fully saturated rings. The average molecular weight is 277 g/mol. The maximum Gasteiger partial charge on any atom is 0.224 e. The van der Waals surface area contributed by atoms with Crippen molar-refractivity contribution in [3.8, 4) is 0 Å². The van der Waals surface area contributed by atoms with E-state index in [0.29, 0.717) is 5.28 Å². The Hall–Kier alpha value is -0.350. The van der Waals surface area contributed by atoms with Crippen LogP contribution in [0.3, 0.4) is 0 Å². The minimum atomic E-state index is 0.308. The highest BCUT2D eigenvalue weighted by molar-refractivity contribution is 9.10. The summed E-state index contributed by atoms with van der Waals surface area (Å²) in [5.41, 5.74) is 0. The molecular weight excluding hydrogens is 265 g/mol. The van der Waals surface area contributed by atoms with Crippen molar-refractivity contribution in [2.24, 2.45) is 5.92 Å². The topological polar surface area (TPSA) is 29.0 Å². The summed E-state index contributed by atoms with van der Waals surface area (Å²) in [6.45, 7) is 4.34. The van der Waals surface area contributed by atoms with E-state index in [4.69, 9.17) is 11.6 Å². The van der Waals surface area contributed by atoms with E-state index in [-0.39, 0.29) is 0 Å². The van der Waals surface area contributed by atoms with Crippen molar-refractivity contribution < 1.29 is 0 Å². The standard InChI is InChI=1S/C9H11BrClN3/c1-6-2-3-14(5-6)8-7(10)4-12-9(11)13-8/h4,6H,2-3,5H2,1H3. The monoisotopic (exact) mass is 275 g/mol. The molecule has 0 N–H and O–H groups in total. The molecule has 2 rings (SSSR count). The molecule has 0 spiro atoms. The van der Waals surface area contributed by atoms with Gasteiger partial charge in [-0.25, -0.2) is 4.98 Å². The molecule has 0 radical (unpaired) electrons. The van der Waals surface area contributed by atoms with Gasteiger partial charge in [-0.2, -0.15) is 4.98 Å². The van der Waals surface area contributed by atoms with Crippen LogP contribution in [0, 0.1) is 5.92 Å². The predicted molar refractivity (Wildman–Crippen MR) is 60.7 cm³/mol. The highest BCUT2D eigenvalue weighted by atomic mass is 79.9. The van der Waals surface area contributed by atoms with Crippen LogP contribution in [0.1, 0.15) is 13.3 Å². The summed E-state index contributed by atoms with van der Waals surface area (Å²) in [4.78, 5) is 10.4. The Morgan fingerprint density at radius 3 is 3.07 bits per heavy atom. The van der Waals surface area contributed by atoms with Crippen LogP contribution in [0.25, 0.3) is 0 Å². The van der Waals surface area contributed by atoms with Crippen molar-refractivity contribution in [1.29, 1.82) is 0 Å². The molecular formula is C9H11BrClN3. The lowest BCUT2D eigenvalue weighted by Crippen LogP contribution is -2.21. The van der Waals surface area contributed by atoms with Gasteiger partial charge in [0.05, 0.1) is 4.47 Å². The third-order valence-corrected chi connectivity index (χ3v) is 3.16. The minimum Gasteiger partial charge on any atom is -0.355 e. The van der Waals surface area contributed by atoms with Crippen molar-refractivity contribution >= 4 is 33.3 Å². The zero-order valence-electron chi connectivity index (χ0n) is 7.87. The lowest BCUT2D eigenvalue weighted by Gasteiger charge is -2.17. The van der Waals surface area contributed by atoms with Gasteiger partial charge in [-0.05, 0) is 39.9 Å². The van der Waals surface area contributed by atoms with E-state index >= 15 is 0 Å². The van der Waals surface area contributed by atoms with Gasteiger partial charge in [0.1, 0.15) is 5.82 Å². The SMILES string of the molecule is CC1CCN(c2nc(Cl)ncc2Br)C1. The molecule has 1 saturated heterocycles. The van der Waals surface area contributed by atoms with Crippen molar-refractivity contribution in [2.75, 3.05) is 18.0 Å². The number of nitrogens with zero attached hydrogens (tertiary/aromatic N) is 3. The summed E-state index contributed by atoms with van der Waals surface area (Å²) >= 11 is 9.20. The van der Waals surface area contributed by atoms with Crippen LogP contribution in [-0.2, 0) is 0 Å². The van der Waals surface area contributed by atoms with Crippen LogP contribution in [0.4, 0.5) is 5.82 Å². The number of halogens is 2. The summed E-state index contributed by atoms with van der Waals surface area (Å²) in [5, 5.41) is 0.308. The molecule has 76 valence electrons. The van der Waals surface area contributed by atoms with Gasteiger partial charge in [0, 0.05) is 19.3 Å². The summed E-state index contributed by atoms with van der Waals surface area (Å²) in [6.07, 6.45) is 2.92. The van der Waals surface area contributed by atoms with Crippen LogP contribution in [0.15, 0.2) is 10.7 Å². The van der Waals surface area contributed by atoms with E-state index in [9.17, 15) is 0 Å². The Kier molecular flexibility index (Phi) is 2.93. The summed E-state index contributed by atoms with van der Waals surface area (Å²) in [5.74, 6) is 1.64. The Morgan fingerprint density at radius 2 is 2.43 bits per heavy atom. The Morgan fingerprint density at radius 1 is 1.64 bits per heavy atom. The van der Waals surface area contributed by atoms with Gasteiger partial charge in [0.15, 0.2) is 0 Å². The first kappa shape index (κ1) is 10.2. The smallest absolute Gasteiger partial charge is 0.224 e. The second-order valence-electron chi connectivity index (χ2n) is 3.65. The van der Waals surface area contributed by atoms with Gasteiger partial charge in [0.25, 0.3) is 0 Å². The highest BCUT2D eigenvalue weighted by Gasteiger charge is 2.21. The summed E-state index contributed by atoms with van der Waals surface area (Å²) in [7, 11) is 0. The molecule has 1 atom stereocenters. The van der Waals surface area contributed by atoms with E-state index in [2.05, 4.69) is 37.7 Å². The average Bonchev–Trinajstić information content (AvgIpc) is 2.56. The quantitative estimate of drug-likeness (QED) is 0.739. The molecule has 0 saturated carbocycles. The predicted octanol–water partition coefficient (Wildman–Crippen LogP) is 2.74. The Bertz CT molecular complexity index is 345. The molecule has 1 aliphatic heterocycles. The summed E-state index contributed by atoms with van der Waals surface area (Å²) < 4.78 is 0.913. The molecule has 3 nitrogen and oxygen atoms in total. The fourth-order valence-corrected chi connectivity index (χ4v) is 2.26. The van der Waals surface area contributed by atoms with Crippen molar-refractivity contribution in [3.05, 3.63) is 16.0 Å². The largest absolute Gasteiger partial charge is 0.355 e. The van der Waals surface area contributed by atoms with Crippen molar-refractivity contribution in [1.82, 2.24) is 9.97 Å². The Labute approximate surface area is 96.6 Å². The van der Waals surface area contributed by atoms with E-state index in [1.54, 1.807) is 6.20 Å². The Balaban J connectivity index is 2.27. The molecule has 0 bridgehead atoms. The van der Waals surface area contributed by atoms with Gasteiger partial charge in [-0.1, -0.05) is 6.92 Å². The molecule has 1 aromatic rings. The number of hydrogen-bond donors (Lipinski definition) is 0. The first-order chi connectivity index (χ1) is 6.66. The van der Waals surface area contributed by atoms with Crippen LogP contribution < -0.4 is 4.90 Å². The molecule has 5 heteroatoms. The van der Waals surface area contributed by atoms with E-state index in [1.165, 1.54) is 6.42 Å².